The Morgan fingerprint density at radius 2 is 1.82 bits per heavy atom. The highest BCUT2D eigenvalue weighted by Crippen LogP contribution is 2.35. The molecule has 4 aromatic rings. The van der Waals surface area contributed by atoms with Crippen LogP contribution in [0.4, 0.5) is 0 Å². The summed E-state index contributed by atoms with van der Waals surface area (Å²) in [5, 5.41) is 4.29. The number of aryl methyl sites for hydroxylation is 1. The van der Waals surface area contributed by atoms with Gasteiger partial charge in [-0.05, 0) is 39.2 Å². The van der Waals surface area contributed by atoms with Crippen molar-refractivity contribution in [2.24, 2.45) is 0 Å². The summed E-state index contributed by atoms with van der Waals surface area (Å²) in [5.41, 5.74) is 3.98. The van der Waals surface area contributed by atoms with Gasteiger partial charge in [0.2, 0.25) is 0 Å². The Hall–Kier alpha value is -3.97. The van der Waals surface area contributed by atoms with Gasteiger partial charge in [0.05, 0.1) is 11.1 Å². The molecule has 174 valence electrons. The first-order valence-corrected chi connectivity index (χ1v) is 11.2. The van der Waals surface area contributed by atoms with Crippen molar-refractivity contribution in [3.05, 3.63) is 71.5 Å². The molecule has 0 spiro atoms. The average Bonchev–Trinajstić information content (AvgIpc) is 3.43. The summed E-state index contributed by atoms with van der Waals surface area (Å²) in [6, 6.07) is 13.2. The lowest BCUT2D eigenvalue weighted by Gasteiger charge is -2.11. The third-order valence-electron chi connectivity index (χ3n) is 6.07. The van der Waals surface area contributed by atoms with Crippen LogP contribution >= 0.6 is 0 Å². The number of likely N-dealkylation sites (N-methyl/N-ethyl adjacent to an activating group) is 1. The Morgan fingerprint density at radius 1 is 1.06 bits per heavy atom. The standard InChI is InChI=1S/C27H28N4O3/c1-28-27(34)25(21-14-29-26-18(16-32)8-6-10-20(21)26)23(17-33)22-15-31(13-7-12-30(2)3)24-11-5-4-9-19(22)24/h4-6,8-11,14-17,29H,7,12-13H2,1-3H3,(H,28,34)/b25-23+. The van der Waals surface area contributed by atoms with Crippen LogP contribution in [0.1, 0.15) is 27.9 Å². The zero-order valence-corrected chi connectivity index (χ0v) is 19.6. The van der Waals surface area contributed by atoms with Gasteiger partial charge in [-0.15, -0.1) is 0 Å². The van der Waals surface area contributed by atoms with Gasteiger partial charge in [-0.3, -0.25) is 14.4 Å². The number of nitrogens with zero attached hydrogens (tertiary/aromatic N) is 2. The molecule has 7 heteroatoms. The lowest BCUT2D eigenvalue weighted by Crippen LogP contribution is -2.20. The van der Waals surface area contributed by atoms with Crippen molar-refractivity contribution in [1.29, 1.82) is 0 Å². The minimum Gasteiger partial charge on any atom is -0.360 e. The number of allylic oxidation sites excluding steroid dienone is 1. The van der Waals surface area contributed by atoms with Gasteiger partial charge in [0.1, 0.15) is 0 Å². The maximum absolute atomic E-state index is 13.1. The second kappa shape index (κ2) is 9.89. The third kappa shape index (κ3) is 4.18. The van der Waals surface area contributed by atoms with Gasteiger partial charge in [0.25, 0.3) is 5.91 Å². The SMILES string of the molecule is CNC(=O)/C(=C(\C=O)c1cn(CCCN(C)C)c2ccccc12)c1c[nH]c2c(C=O)cccc12. The summed E-state index contributed by atoms with van der Waals surface area (Å²) in [7, 11) is 5.62. The predicted octanol–water partition coefficient (Wildman–Crippen LogP) is 3.74. The zero-order chi connectivity index (χ0) is 24.2. The first-order chi connectivity index (χ1) is 16.5. The van der Waals surface area contributed by atoms with Crippen molar-refractivity contribution >= 4 is 51.4 Å². The molecule has 0 aliphatic heterocycles. The molecule has 0 saturated heterocycles. The fourth-order valence-electron chi connectivity index (χ4n) is 4.46. The molecular weight excluding hydrogens is 428 g/mol. The summed E-state index contributed by atoms with van der Waals surface area (Å²) in [6.07, 6.45) is 6.11. The first-order valence-electron chi connectivity index (χ1n) is 11.2. The number of nitrogens with one attached hydrogen (secondary N) is 2. The van der Waals surface area contributed by atoms with Crippen molar-refractivity contribution in [1.82, 2.24) is 19.8 Å². The molecule has 7 nitrogen and oxygen atoms in total. The number of aromatic amines is 1. The number of carbonyl (C=O) groups is 3. The van der Waals surface area contributed by atoms with Crippen LogP contribution in [-0.2, 0) is 16.1 Å². The molecule has 2 N–H and O–H groups in total. The van der Waals surface area contributed by atoms with E-state index in [1.54, 1.807) is 25.4 Å². The quantitative estimate of drug-likeness (QED) is 0.297. The molecule has 34 heavy (non-hydrogen) atoms. The highest BCUT2D eigenvalue weighted by atomic mass is 16.1. The van der Waals surface area contributed by atoms with E-state index in [1.807, 2.05) is 50.6 Å². The zero-order valence-electron chi connectivity index (χ0n) is 19.6. The molecule has 0 bridgehead atoms. The van der Waals surface area contributed by atoms with Gasteiger partial charge < -0.3 is 19.8 Å². The predicted molar refractivity (Wildman–Crippen MR) is 136 cm³/mol. The Labute approximate surface area is 198 Å². The maximum atomic E-state index is 13.1. The van der Waals surface area contributed by atoms with Crippen LogP contribution in [0.15, 0.2) is 54.9 Å². The molecule has 4 rings (SSSR count). The monoisotopic (exact) mass is 456 g/mol. The number of hydrogen-bond acceptors (Lipinski definition) is 4. The number of para-hydroxylation sites is 2. The molecule has 2 heterocycles. The van der Waals surface area contributed by atoms with Crippen LogP contribution in [0, 0.1) is 0 Å². The number of rotatable bonds is 9. The summed E-state index contributed by atoms with van der Waals surface area (Å²) in [4.78, 5) is 42.5. The second-order valence-electron chi connectivity index (χ2n) is 8.49. The summed E-state index contributed by atoms with van der Waals surface area (Å²) in [5.74, 6) is -0.371. The molecule has 0 atom stereocenters. The topological polar surface area (TPSA) is 87.2 Å². The molecule has 0 aliphatic carbocycles. The van der Waals surface area contributed by atoms with Crippen LogP contribution in [0.3, 0.4) is 0 Å². The van der Waals surface area contributed by atoms with E-state index < -0.39 is 0 Å². The summed E-state index contributed by atoms with van der Waals surface area (Å²) < 4.78 is 2.14. The molecule has 0 saturated carbocycles. The summed E-state index contributed by atoms with van der Waals surface area (Å²) >= 11 is 0. The average molecular weight is 457 g/mol. The van der Waals surface area contributed by atoms with Gasteiger partial charge in [-0.2, -0.15) is 0 Å². The van der Waals surface area contributed by atoms with E-state index in [0.29, 0.717) is 33.2 Å². The van der Waals surface area contributed by atoms with Crippen molar-refractivity contribution in [3.63, 3.8) is 0 Å². The molecule has 1 amide bonds. The number of hydrogen-bond donors (Lipinski definition) is 2. The molecule has 0 unspecified atom stereocenters. The Kier molecular flexibility index (Phi) is 6.75. The molecular formula is C27H28N4O3. The van der Waals surface area contributed by atoms with Gasteiger partial charge in [-0.1, -0.05) is 30.3 Å². The Balaban J connectivity index is 1.96. The fourth-order valence-corrected chi connectivity index (χ4v) is 4.46. The first kappa shape index (κ1) is 23.2. The minimum absolute atomic E-state index is 0.267. The lowest BCUT2D eigenvalue weighted by molar-refractivity contribution is -0.115. The van der Waals surface area contributed by atoms with E-state index in [1.165, 1.54) is 0 Å². The maximum Gasteiger partial charge on any atom is 0.252 e. The van der Waals surface area contributed by atoms with Gasteiger partial charge in [-0.25, -0.2) is 0 Å². The van der Waals surface area contributed by atoms with Gasteiger partial charge in [0, 0.05) is 64.5 Å². The molecule has 2 aromatic heterocycles. The lowest BCUT2D eigenvalue weighted by atomic mass is 9.93. The van der Waals surface area contributed by atoms with Crippen molar-refractivity contribution in [2.45, 2.75) is 13.0 Å². The van der Waals surface area contributed by atoms with Crippen LogP contribution in [-0.4, -0.2) is 60.6 Å². The highest BCUT2D eigenvalue weighted by Gasteiger charge is 2.24. The number of aldehydes is 2. The van der Waals surface area contributed by atoms with Gasteiger partial charge >= 0.3 is 0 Å². The van der Waals surface area contributed by atoms with Crippen LogP contribution in [0.2, 0.25) is 0 Å². The van der Waals surface area contributed by atoms with E-state index in [0.717, 1.165) is 43.0 Å². The highest BCUT2D eigenvalue weighted by molar-refractivity contribution is 6.38. The van der Waals surface area contributed by atoms with E-state index in [-0.39, 0.29) is 11.5 Å². The van der Waals surface area contributed by atoms with Crippen LogP contribution < -0.4 is 5.32 Å². The minimum atomic E-state index is -0.371. The summed E-state index contributed by atoms with van der Waals surface area (Å²) in [6.45, 7) is 1.73. The van der Waals surface area contributed by atoms with Crippen molar-refractivity contribution in [3.8, 4) is 0 Å². The molecule has 0 fully saturated rings. The Morgan fingerprint density at radius 3 is 2.53 bits per heavy atom. The number of amides is 1. The van der Waals surface area contributed by atoms with E-state index >= 15 is 0 Å². The number of H-pyrrole nitrogens is 1. The van der Waals surface area contributed by atoms with Crippen molar-refractivity contribution in [2.75, 3.05) is 27.7 Å². The number of aromatic nitrogens is 2. The molecule has 0 radical (unpaired) electrons. The number of fused-ring (bicyclic) bond motifs is 2. The normalized spacial score (nSPS) is 12.2. The third-order valence-corrected chi connectivity index (χ3v) is 6.07. The van der Waals surface area contributed by atoms with Crippen LogP contribution in [0.5, 0.6) is 0 Å². The van der Waals surface area contributed by atoms with Crippen LogP contribution in [0.25, 0.3) is 33.0 Å². The largest absolute Gasteiger partial charge is 0.360 e. The van der Waals surface area contributed by atoms with E-state index in [2.05, 4.69) is 19.8 Å². The second-order valence-corrected chi connectivity index (χ2v) is 8.49. The smallest absolute Gasteiger partial charge is 0.252 e. The van der Waals surface area contributed by atoms with Gasteiger partial charge in [0.15, 0.2) is 12.6 Å². The Bertz CT molecular complexity index is 1410. The van der Waals surface area contributed by atoms with E-state index in [4.69, 9.17) is 0 Å². The number of benzene rings is 2. The molecule has 2 aromatic carbocycles. The molecule has 0 aliphatic rings. The van der Waals surface area contributed by atoms with Crippen molar-refractivity contribution < 1.29 is 14.4 Å². The van der Waals surface area contributed by atoms with E-state index in [9.17, 15) is 14.4 Å². The fraction of sp³-hybridized carbons (Fsp3) is 0.222. The number of carbonyl (C=O) groups excluding carboxylic acids is 3.